The van der Waals surface area contributed by atoms with Crippen LogP contribution < -0.4 is 10.9 Å². The van der Waals surface area contributed by atoms with E-state index < -0.39 is 0 Å². The number of benzene rings is 1. The molecular formula is C15H18ClN3O. The van der Waals surface area contributed by atoms with Crippen LogP contribution in [-0.2, 0) is 6.54 Å². The van der Waals surface area contributed by atoms with Crippen molar-refractivity contribution in [2.24, 2.45) is 0 Å². The van der Waals surface area contributed by atoms with Gasteiger partial charge in [0, 0.05) is 12.6 Å². The van der Waals surface area contributed by atoms with E-state index >= 15 is 0 Å². The van der Waals surface area contributed by atoms with Gasteiger partial charge in [-0.15, -0.1) is 0 Å². The van der Waals surface area contributed by atoms with Gasteiger partial charge < -0.3 is 5.32 Å². The Morgan fingerprint density at radius 1 is 1.45 bits per heavy atom. The van der Waals surface area contributed by atoms with Crippen molar-refractivity contribution in [3.8, 4) is 0 Å². The summed E-state index contributed by atoms with van der Waals surface area (Å²) in [5.74, 6) is 0. The maximum Gasteiger partial charge on any atom is 0.262 e. The molecule has 0 bridgehead atoms. The number of nitrogens with one attached hydrogen (secondary N) is 1. The maximum absolute atomic E-state index is 12.7. The number of aromatic nitrogens is 2. The minimum atomic E-state index is -0.0366. The molecule has 2 aromatic rings. The van der Waals surface area contributed by atoms with E-state index in [4.69, 9.17) is 11.6 Å². The largest absolute Gasteiger partial charge is 0.312 e. The molecule has 4 nitrogen and oxygen atoms in total. The summed E-state index contributed by atoms with van der Waals surface area (Å²) >= 11 is 6.20. The highest BCUT2D eigenvalue weighted by molar-refractivity contribution is 6.28. The molecule has 1 N–H and O–H groups in total. The monoisotopic (exact) mass is 291 g/mol. The van der Waals surface area contributed by atoms with E-state index in [0.29, 0.717) is 23.5 Å². The number of halogens is 1. The summed E-state index contributed by atoms with van der Waals surface area (Å²) in [5, 5.41) is 4.39. The molecular weight excluding hydrogens is 274 g/mol. The van der Waals surface area contributed by atoms with Crippen LogP contribution in [0.5, 0.6) is 0 Å². The van der Waals surface area contributed by atoms with Gasteiger partial charge in [-0.25, -0.2) is 4.98 Å². The smallest absolute Gasteiger partial charge is 0.262 e. The van der Waals surface area contributed by atoms with Crippen molar-refractivity contribution in [1.29, 1.82) is 0 Å². The fraction of sp³-hybridized carbons (Fsp3) is 0.467. The van der Waals surface area contributed by atoms with Crippen molar-refractivity contribution in [3.05, 3.63) is 39.4 Å². The zero-order valence-electron chi connectivity index (χ0n) is 11.5. The van der Waals surface area contributed by atoms with E-state index in [0.717, 1.165) is 18.5 Å². The average Bonchev–Trinajstić information content (AvgIpc) is 2.44. The lowest BCUT2D eigenvalue weighted by Crippen LogP contribution is -2.40. The number of aryl methyl sites for hydroxylation is 1. The fourth-order valence-electron chi connectivity index (χ4n) is 2.86. The van der Waals surface area contributed by atoms with Gasteiger partial charge >= 0.3 is 0 Å². The summed E-state index contributed by atoms with van der Waals surface area (Å²) in [4.78, 5) is 17.0. The van der Waals surface area contributed by atoms with Gasteiger partial charge in [0.05, 0.1) is 10.9 Å². The highest BCUT2D eigenvalue weighted by atomic mass is 35.5. The van der Waals surface area contributed by atoms with Gasteiger partial charge in [-0.05, 0) is 49.5 Å². The van der Waals surface area contributed by atoms with E-state index in [-0.39, 0.29) is 10.8 Å². The van der Waals surface area contributed by atoms with Crippen LogP contribution in [0.1, 0.15) is 24.8 Å². The predicted molar refractivity (Wildman–Crippen MR) is 81.4 cm³/mol. The lowest BCUT2D eigenvalue weighted by atomic mass is 10.0. The van der Waals surface area contributed by atoms with E-state index in [1.54, 1.807) is 4.57 Å². The molecule has 1 aliphatic rings. The molecule has 20 heavy (non-hydrogen) atoms. The maximum atomic E-state index is 12.7. The molecule has 0 aliphatic carbocycles. The van der Waals surface area contributed by atoms with E-state index in [1.807, 2.05) is 25.1 Å². The Morgan fingerprint density at radius 2 is 2.30 bits per heavy atom. The SMILES string of the molecule is Cc1cccc2nc(Cl)n(CC3CCCCN3)c(=O)c12. The summed E-state index contributed by atoms with van der Waals surface area (Å²) in [6.07, 6.45) is 3.48. The van der Waals surface area contributed by atoms with Crippen molar-refractivity contribution in [2.45, 2.75) is 38.8 Å². The first-order valence-electron chi connectivity index (χ1n) is 7.06. The molecule has 106 valence electrons. The van der Waals surface area contributed by atoms with Crippen LogP contribution in [0.4, 0.5) is 0 Å². The number of hydrogen-bond acceptors (Lipinski definition) is 3. The van der Waals surface area contributed by atoms with E-state index in [9.17, 15) is 4.79 Å². The quantitative estimate of drug-likeness (QED) is 0.865. The molecule has 0 amide bonds. The topological polar surface area (TPSA) is 46.9 Å². The first-order valence-corrected chi connectivity index (χ1v) is 7.43. The van der Waals surface area contributed by atoms with Crippen LogP contribution in [0.25, 0.3) is 10.9 Å². The molecule has 1 fully saturated rings. The molecule has 1 unspecified atom stereocenters. The zero-order valence-corrected chi connectivity index (χ0v) is 12.3. The first-order chi connectivity index (χ1) is 9.66. The number of rotatable bonds is 2. The number of fused-ring (bicyclic) bond motifs is 1. The minimum Gasteiger partial charge on any atom is -0.312 e. The van der Waals surface area contributed by atoms with Crippen molar-refractivity contribution >= 4 is 22.5 Å². The molecule has 0 saturated carbocycles. The molecule has 3 rings (SSSR count). The van der Waals surface area contributed by atoms with Gasteiger partial charge in [0.2, 0.25) is 5.28 Å². The van der Waals surface area contributed by atoms with Crippen molar-refractivity contribution in [2.75, 3.05) is 6.54 Å². The summed E-state index contributed by atoms with van der Waals surface area (Å²) in [5.41, 5.74) is 1.58. The Labute approximate surface area is 122 Å². The Hall–Kier alpha value is -1.39. The second kappa shape index (κ2) is 5.54. The molecule has 2 heterocycles. The lowest BCUT2D eigenvalue weighted by molar-refractivity contribution is 0.359. The second-order valence-electron chi connectivity index (χ2n) is 5.41. The summed E-state index contributed by atoms with van der Waals surface area (Å²) in [6.45, 7) is 3.54. The van der Waals surface area contributed by atoms with Crippen LogP contribution in [0.15, 0.2) is 23.0 Å². The van der Waals surface area contributed by atoms with Gasteiger partial charge in [0.15, 0.2) is 0 Å². The summed E-state index contributed by atoms with van der Waals surface area (Å²) in [6, 6.07) is 5.97. The third kappa shape index (κ3) is 2.45. The summed E-state index contributed by atoms with van der Waals surface area (Å²) < 4.78 is 1.60. The predicted octanol–water partition coefficient (Wildman–Crippen LogP) is 2.50. The Kier molecular flexibility index (Phi) is 3.76. The molecule has 1 aromatic heterocycles. The molecule has 1 aliphatic heterocycles. The minimum absolute atomic E-state index is 0.0366. The number of nitrogens with zero attached hydrogens (tertiary/aromatic N) is 2. The summed E-state index contributed by atoms with van der Waals surface area (Å²) in [7, 11) is 0. The second-order valence-corrected chi connectivity index (χ2v) is 5.75. The Balaban J connectivity index is 2.06. The van der Waals surface area contributed by atoms with Gasteiger partial charge in [-0.3, -0.25) is 9.36 Å². The normalized spacial score (nSPS) is 19.4. The Morgan fingerprint density at radius 3 is 3.05 bits per heavy atom. The highest BCUT2D eigenvalue weighted by Gasteiger charge is 2.17. The molecule has 1 aromatic carbocycles. The molecule has 1 atom stereocenters. The molecule has 1 saturated heterocycles. The standard InChI is InChI=1S/C15H18ClN3O/c1-10-5-4-7-12-13(10)14(20)19(15(16)18-12)9-11-6-2-3-8-17-11/h4-5,7,11,17H,2-3,6,8-9H2,1H3. The van der Waals surface area contributed by atoms with Crippen LogP contribution in [0.2, 0.25) is 5.28 Å². The lowest BCUT2D eigenvalue weighted by Gasteiger charge is -2.24. The van der Waals surface area contributed by atoms with Gasteiger partial charge in [0.25, 0.3) is 5.56 Å². The van der Waals surface area contributed by atoms with E-state index in [1.165, 1.54) is 12.8 Å². The van der Waals surface area contributed by atoms with Gasteiger partial charge in [-0.2, -0.15) is 0 Å². The third-order valence-electron chi connectivity index (χ3n) is 3.96. The molecule has 0 radical (unpaired) electrons. The van der Waals surface area contributed by atoms with Crippen molar-refractivity contribution in [3.63, 3.8) is 0 Å². The average molecular weight is 292 g/mol. The zero-order chi connectivity index (χ0) is 14.1. The van der Waals surface area contributed by atoms with E-state index in [2.05, 4.69) is 10.3 Å². The number of piperidine rings is 1. The Bertz CT molecular complexity index is 689. The van der Waals surface area contributed by atoms with Crippen molar-refractivity contribution < 1.29 is 0 Å². The van der Waals surface area contributed by atoms with Crippen LogP contribution in [0, 0.1) is 6.92 Å². The van der Waals surface area contributed by atoms with Crippen LogP contribution in [0.3, 0.4) is 0 Å². The fourth-order valence-corrected chi connectivity index (χ4v) is 3.10. The van der Waals surface area contributed by atoms with Gasteiger partial charge in [0.1, 0.15) is 0 Å². The van der Waals surface area contributed by atoms with Gasteiger partial charge in [-0.1, -0.05) is 18.6 Å². The first kappa shape index (κ1) is 13.6. The molecule has 5 heteroatoms. The molecule has 0 spiro atoms. The van der Waals surface area contributed by atoms with Crippen LogP contribution in [-0.4, -0.2) is 22.1 Å². The third-order valence-corrected chi connectivity index (χ3v) is 4.25. The highest BCUT2D eigenvalue weighted by Crippen LogP contribution is 2.16. The van der Waals surface area contributed by atoms with Crippen LogP contribution >= 0.6 is 11.6 Å². The van der Waals surface area contributed by atoms with Crippen molar-refractivity contribution in [1.82, 2.24) is 14.9 Å². The number of hydrogen-bond donors (Lipinski definition) is 1.